The summed E-state index contributed by atoms with van der Waals surface area (Å²) in [6.07, 6.45) is 1.90. The van der Waals surface area contributed by atoms with Crippen LogP contribution >= 0.6 is 0 Å². The predicted octanol–water partition coefficient (Wildman–Crippen LogP) is 5.65. The number of benzene rings is 2. The molecular weight excluding hydrogens is 704 g/mol. The zero-order valence-corrected chi connectivity index (χ0v) is 30.7. The summed E-state index contributed by atoms with van der Waals surface area (Å²) in [6, 6.07) is 11.4. The van der Waals surface area contributed by atoms with Gasteiger partial charge in [-0.1, -0.05) is 24.3 Å². The van der Waals surface area contributed by atoms with E-state index in [2.05, 4.69) is 4.18 Å². The number of alkyl halides is 3. The third kappa shape index (κ3) is 9.80. The number of hydrogen-bond acceptors (Lipinski definition) is 9. The fraction of sp³-hybridized carbons (Fsp3) is 0.606. The van der Waals surface area contributed by atoms with Gasteiger partial charge in [-0.15, -0.1) is 0 Å². The summed E-state index contributed by atoms with van der Waals surface area (Å²) < 4.78 is 113. The first-order valence-corrected chi connectivity index (χ1v) is 19.1. The minimum absolute atomic E-state index is 0.0416. The Hall–Kier alpha value is -3.12. The first-order chi connectivity index (χ1) is 23.2. The first kappa shape index (κ1) is 39.7. The zero-order chi connectivity index (χ0) is 37.1. The molecule has 280 valence electrons. The Morgan fingerprint density at radius 2 is 1.56 bits per heavy atom. The minimum Gasteiger partial charge on any atom is -0.497 e. The van der Waals surface area contributed by atoms with Gasteiger partial charge >= 0.3 is 21.7 Å². The highest BCUT2D eigenvalue weighted by atomic mass is 32.2. The third-order valence-electron chi connectivity index (χ3n) is 8.76. The Morgan fingerprint density at radius 1 is 0.920 bits per heavy atom. The van der Waals surface area contributed by atoms with Gasteiger partial charge in [0, 0.05) is 27.2 Å². The van der Waals surface area contributed by atoms with Crippen molar-refractivity contribution in [1.82, 2.24) is 13.5 Å². The lowest BCUT2D eigenvalue weighted by Gasteiger charge is -2.37. The summed E-state index contributed by atoms with van der Waals surface area (Å²) in [5.41, 5.74) is -4.95. The van der Waals surface area contributed by atoms with Crippen molar-refractivity contribution in [1.29, 1.82) is 0 Å². The van der Waals surface area contributed by atoms with Crippen LogP contribution in [0, 0.1) is 0 Å². The van der Waals surface area contributed by atoms with Gasteiger partial charge in [0.2, 0.25) is 0 Å². The Kier molecular flexibility index (Phi) is 12.4. The molecule has 4 rings (SSSR count). The average molecular weight is 750 g/mol. The van der Waals surface area contributed by atoms with Gasteiger partial charge in [0.25, 0.3) is 10.2 Å². The van der Waals surface area contributed by atoms with Gasteiger partial charge in [-0.25, -0.2) is 4.79 Å². The van der Waals surface area contributed by atoms with E-state index >= 15 is 0 Å². The van der Waals surface area contributed by atoms with Crippen LogP contribution in [0.1, 0.15) is 69.9 Å². The molecule has 1 aliphatic heterocycles. The van der Waals surface area contributed by atoms with Gasteiger partial charge in [0.1, 0.15) is 17.1 Å². The zero-order valence-electron chi connectivity index (χ0n) is 29.1. The lowest BCUT2D eigenvalue weighted by molar-refractivity contribution is -0.0500. The number of carbonyl (C=O) groups is 1. The van der Waals surface area contributed by atoms with Crippen LogP contribution in [0.25, 0.3) is 0 Å². The number of ether oxygens (including phenoxy) is 3. The van der Waals surface area contributed by atoms with Gasteiger partial charge in [-0.05, 0) is 94.2 Å². The third-order valence-corrected chi connectivity index (χ3v) is 11.7. The summed E-state index contributed by atoms with van der Waals surface area (Å²) in [4.78, 5) is 15.0. The molecule has 50 heavy (non-hydrogen) atoms. The fourth-order valence-electron chi connectivity index (χ4n) is 6.20. The summed E-state index contributed by atoms with van der Waals surface area (Å²) in [5, 5.41) is 0. The molecule has 0 aromatic heterocycles. The molecule has 2 aromatic carbocycles. The molecule has 1 amide bonds. The molecule has 12 nitrogen and oxygen atoms in total. The van der Waals surface area contributed by atoms with Crippen LogP contribution in [0.4, 0.5) is 18.0 Å². The molecule has 1 saturated heterocycles. The molecule has 2 atom stereocenters. The Bertz CT molecular complexity index is 1670. The molecular formula is C33H46F3N3O9S2. The molecule has 0 spiro atoms. The number of hydrogen-bond donors (Lipinski definition) is 0. The quantitative estimate of drug-likeness (QED) is 0.200. The normalized spacial score (nSPS) is 22.2. The number of carbonyl (C=O) groups excluding carboxylic acids is 1. The van der Waals surface area contributed by atoms with E-state index in [0.29, 0.717) is 43.4 Å². The molecule has 0 radical (unpaired) electrons. The van der Waals surface area contributed by atoms with E-state index < -0.39 is 55.4 Å². The van der Waals surface area contributed by atoms with Crippen molar-refractivity contribution in [3.8, 4) is 11.5 Å². The van der Waals surface area contributed by atoms with Crippen molar-refractivity contribution >= 4 is 26.4 Å². The van der Waals surface area contributed by atoms with E-state index in [-0.39, 0.29) is 31.7 Å². The Morgan fingerprint density at radius 3 is 2.12 bits per heavy atom. The number of likely N-dealkylation sites (tertiary alicyclic amines) is 1. The second kappa shape index (κ2) is 15.6. The van der Waals surface area contributed by atoms with Gasteiger partial charge < -0.3 is 23.3 Å². The second-order valence-electron chi connectivity index (χ2n) is 13.6. The highest BCUT2D eigenvalue weighted by molar-refractivity contribution is 7.88. The molecule has 17 heteroatoms. The van der Waals surface area contributed by atoms with E-state index in [9.17, 15) is 34.8 Å². The highest BCUT2D eigenvalue weighted by Gasteiger charge is 2.49. The number of amides is 1. The van der Waals surface area contributed by atoms with Crippen molar-refractivity contribution in [2.75, 3.05) is 34.4 Å². The molecule has 0 unspecified atom stereocenters. The molecule has 1 aliphatic carbocycles. The molecule has 1 saturated carbocycles. The summed E-state index contributed by atoms with van der Waals surface area (Å²) in [6.45, 7) is 5.61. The van der Waals surface area contributed by atoms with Crippen molar-refractivity contribution in [2.45, 2.75) is 94.6 Å². The Balaban J connectivity index is 1.50. The summed E-state index contributed by atoms with van der Waals surface area (Å²) >= 11 is 0. The van der Waals surface area contributed by atoms with Crippen molar-refractivity contribution < 1.29 is 53.2 Å². The van der Waals surface area contributed by atoms with E-state index in [1.807, 2.05) is 0 Å². The number of methoxy groups -OCH3 is 1. The standard InChI is InChI=1S/C33H46F3N3O9S2/c1-32(2,3)47-31(40)38-19-18-29(39(50(43,44)37(4)5)21-23-10-14-26(45-6)15-11-23)30(38)22-46-27-16-12-24(13-17-27)25-8-7-9-28(20-25)48-49(41,42)33(34,35)36/h7-11,14-15,20,24,27,29-30H,12-13,16-19,21-22H2,1-6H3/t24?,27?,29-,30-/m0/s1. The average Bonchev–Trinajstić information content (AvgIpc) is 3.45. The smallest absolute Gasteiger partial charge is 0.497 e. The van der Waals surface area contributed by atoms with Gasteiger partial charge in [0.15, 0.2) is 0 Å². The lowest BCUT2D eigenvalue weighted by atomic mass is 9.82. The van der Waals surface area contributed by atoms with Crippen molar-refractivity contribution in [2.24, 2.45) is 0 Å². The Labute approximate surface area is 292 Å². The van der Waals surface area contributed by atoms with Crippen LogP contribution < -0.4 is 8.92 Å². The molecule has 2 fully saturated rings. The van der Waals surface area contributed by atoms with Gasteiger partial charge in [0.05, 0.1) is 31.9 Å². The second-order valence-corrected chi connectivity index (χ2v) is 17.3. The van der Waals surface area contributed by atoms with Gasteiger partial charge in [-0.3, -0.25) is 0 Å². The van der Waals surface area contributed by atoms with E-state index in [1.165, 1.54) is 35.4 Å². The summed E-state index contributed by atoms with van der Waals surface area (Å²) in [7, 11) is -5.31. The predicted molar refractivity (Wildman–Crippen MR) is 179 cm³/mol. The molecule has 2 aromatic rings. The highest BCUT2D eigenvalue weighted by Crippen LogP contribution is 2.37. The lowest BCUT2D eigenvalue weighted by Crippen LogP contribution is -2.54. The maximum absolute atomic E-state index is 13.8. The fourth-order valence-corrected chi connectivity index (χ4v) is 7.98. The number of nitrogens with zero attached hydrogens (tertiary/aromatic N) is 3. The summed E-state index contributed by atoms with van der Waals surface area (Å²) in [5.74, 6) is 0.137. The first-order valence-electron chi connectivity index (χ1n) is 16.3. The molecule has 0 N–H and O–H groups in total. The maximum atomic E-state index is 13.8. The monoisotopic (exact) mass is 749 g/mol. The number of halogens is 3. The minimum atomic E-state index is -5.79. The van der Waals surface area contributed by atoms with E-state index in [0.717, 1.165) is 15.9 Å². The van der Waals surface area contributed by atoms with E-state index in [1.54, 1.807) is 58.2 Å². The van der Waals surface area contributed by atoms with Crippen LogP contribution in [0.3, 0.4) is 0 Å². The number of rotatable bonds is 12. The van der Waals surface area contributed by atoms with Crippen LogP contribution in [-0.4, -0.2) is 100 Å². The van der Waals surface area contributed by atoms with Crippen molar-refractivity contribution in [3.05, 3.63) is 59.7 Å². The topological polar surface area (TPSA) is 132 Å². The molecule has 0 bridgehead atoms. The van der Waals surface area contributed by atoms with Crippen LogP contribution in [0.5, 0.6) is 11.5 Å². The van der Waals surface area contributed by atoms with Crippen LogP contribution in [-0.2, 0) is 36.3 Å². The van der Waals surface area contributed by atoms with E-state index in [4.69, 9.17) is 14.2 Å². The van der Waals surface area contributed by atoms with Crippen LogP contribution in [0.2, 0.25) is 0 Å². The molecule has 1 heterocycles. The SMILES string of the molecule is COc1ccc(CN([C@H]2CCN(C(=O)OC(C)(C)C)[C@H]2COC2CCC(c3cccc(OS(=O)(=O)C(F)(F)F)c3)CC2)S(=O)(=O)N(C)C)cc1. The maximum Gasteiger partial charge on any atom is 0.534 e. The van der Waals surface area contributed by atoms with Crippen molar-refractivity contribution in [3.63, 3.8) is 0 Å². The largest absolute Gasteiger partial charge is 0.534 e. The molecule has 2 aliphatic rings. The van der Waals surface area contributed by atoms with Crippen LogP contribution in [0.15, 0.2) is 48.5 Å². The van der Waals surface area contributed by atoms with Gasteiger partial charge in [-0.2, -0.15) is 38.6 Å².